The molecule has 0 unspecified atom stereocenters. The van der Waals surface area contributed by atoms with Crippen molar-refractivity contribution in [3.05, 3.63) is 71.8 Å². The number of carbonyl (C=O) groups is 2. The van der Waals surface area contributed by atoms with E-state index in [9.17, 15) is 14.0 Å². The molecule has 27 heavy (non-hydrogen) atoms. The molecule has 0 spiro atoms. The van der Waals surface area contributed by atoms with Crippen molar-refractivity contribution in [2.75, 3.05) is 11.9 Å². The number of aromatic amines is 1. The van der Waals surface area contributed by atoms with Crippen molar-refractivity contribution in [1.29, 1.82) is 0 Å². The van der Waals surface area contributed by atoms with Crippen LogP contribution in [0.15, 0.2) is 54.7 Å². The van der Waals surface area contributed by atoms with Gasteiger partial charge in [0.15, 0.2) is 5.78 Å². The molecule has 0 aliphatic heterocycles. The van der Waals surface area contributed by atoms with Crippen LogP contribution in [0.4, 0.5) is 10.1 Å². The fourth-order valence-corrected chi connectivity index (χ4v) is 2.82. The molecule has 0 aliphatic rings. The number of hydrogen-bond donors (Lipinski definition) is 1. The van der Waals surface area contributed by atoms with Gasteiger partial charge in [-0.15, -0.1) is 0 Å². The number of amides is 1. The van der Waals surface area contributed by atoms with Crippen LogP contribution in [-0.2, 0) is 11.2 Å². The van der Waals surface area contributed by atoms with E-state index in [1.165, 1.54) is 11.0 Å². The summed E-state index contributed by atoms with van der Waals surface area (Å²) >= 11 is 0. The van der Waals surface area contributed by atoms with Gasteiger partial charge in [0.1, 0.15) is 5.82 Å². The summed E-state index contributed by atoms with van der Waals surface area (Å²) in [4.78, 5) is 25.5. The standard InChI is InChI=1S/C21H20FN3O2/c1-3-21(27)25(2)17-8-9-18(19(22)13-17)14-4-6-15(7-5-14)20(26)12-16-10-11-23-24-16/h4-11,13H,3,12H2,1-2H3,(H,23,24). The Labute approximate surface area is 156 Å². The lowest BCUT2D eigenvalue weighted by molar-refractivity contribution is -0.118. The number of carbonyl (C=O) groups excluding carboxylic acids is 2. The van der Waals surface area contributed by atoms with Crippen LogP contribution in [-0.4, -0.2) is 28.9 Å². The highest BCUT2D eigenvalue weighted by Crippen LogP contribution is 2.27. The van der Waals surface area contributed by atoms with Crippen molar-refractivity contribution >= 4 is 17.4 Å². The van der Waals surface area contributed by atoms with E-state index in [0.29, 0.717) is 28.8 Å². The largest absolute Gasteiger partial charge is 0.315 e. The van der Waals surface area contributed by atoms with E-state index in [-0.39, 0.29) is 18.1 Å². The highest BCUT2D eigenvalue weighted by atomic mass is 19.1. The second kappa shape index (κ2) is 7.95. The Bertz CT molecular complexity index is 950. The molecule has 1 heterocycles. The second-order valence-corrected chi connectivity index (χ2v) is 6.23. The van der Waals surface area contributed by atoms with Crippen LogP contribution in [0.5, 0.6) is 0 Å². The highest BCUT2D eigenvalue weighted by molar-refractivity contribution is 5.97. The molecule has 0 fully saturated rings. The number of H-pyrrole nitrogens is 1. The molecule has 0 atom stereocenters. The van der Waals surface area contributed by atoms with Gasteiger partial charge in [-0.3, -0.25) is 14.7 Å². The first-order valence-corrected chi connectivity index (χ1v) is 8.67. The van der Waals surface area contributed by atoms with Gasteiger partial charge in [0.25, 0.3) is 0 Å². The van der Waals surface area contributed by atoms with E-state index in [0.717, 1.165) is 5.69 Å². The van der Waals surface area contributed by atoms with Crippen LogP contribution in [0.1, 0.15) is 29.4 Å². The Morgan fingerprint density at radius 3 is 2.44 bits per heavy atom. The number of Topliss-reactive ketones (excluding diaryl/α,β-unsaturated/α-hetero) is 1. The molecule has 0 saturated carbocycles. The minimum atomic E-state index is -0.417. The maximum absolute atomic E-state index is 14.6. The van der Waals surface area contributed by atoms with Gasteiger partial charge in [-0.1, -0.05) is 31.2 Å². The minimum absolute atomic E-state index is 0.0404. The molecule has 0 aliphatic carbocycles. The van der Waals surface area contributed by atoms with Crippen LogP contribution in [0.3, 0.4) is 0 Å². The minimum Gasteiger partial charge on any atom is -0.315 e. The summed E-state index contributed by atoms with van der Waals surface area (Å²) in [7, 11) is 1.63. The maximum Gasteiger partial charge on any atom is 0.226 e. The van der Waals surface area contributed by atoms with Gasteiger partial charge in [-0.2, -0.15) is 5.10 Å². The van der Waals surface area contributed by atoms with Gasteiger partial charge in [0.2, 0.25) is 5.91 Å². The number of ketones is 1. The van der Waals surface area contributed by atoms with Gasteiger partial charge in [-0.05, 0) is 29.8 Å². The topological polar surface area (TPSA) is 66.1 Å². The second-order valence-electron chi connectivity index (χ2n) is 6.23. The van der Waals surface area contributed by atoms with Gasteiger partial charge in [0.05, 0.1) is 6.42 Å². The van der Waals surface area contributed by atoms with Crippen molar-refractivity contribution in [3.8, 4) is 11.1 Å². The number of benzene rings is 2. The molecule has 0 radical (unpaired) electrons. The van der Waals surface area contributed by atoms with Crippen molar-refractivity contribution in [2.45, 2.75) is 19.8 Å². The number of anilines is 1. The van der Waals surface area contributed by atoms with Crippen molar-refractivity contribution in [1.82, 2.24) is 10.2 Å². The van der Waals surface area contributed by atoms with E-state index < -0.39 is 5.82 Å². The predicted molar refractivity (Wildman–Crippen MR) is 102 cm³/mol. The normalized spacial score (nSPS) is 10.6. The molecule has 3 aromatic rings. The molecule has 5 nitrogen and oxygen atoms in total. The van der Waals surface area contributed by atoms with Crippen molar-refractivity contribution in [3.63, 3.8) is 0 Å². The fourth-order valence-electron chi connectivity index (χ4n) is 2.82. The van der Waals surface area contributed by atoms with E-state index >= 15 is 0 Å². The number of nitrogens with one attached hydrogen (secondary N) is 1. The zero-order valence-corrected chi connectivity index (χ0v) is 15.2. The SMILES string of the molecule is CCC(=O)N(C)c1ccc(-c2ccc(C(=O)Cc3ccn[nH]3)cc2)c(F)c1. The third-order valence-corrected chi connectivity index (χ3v) is 4.44. The van der Waals surface area contributed by atoms with Gasteiger partial charge >= 0.3 is 0 Å². The molecule has 3 rings (SSSR count). The first-order valence-electron chi connectivity index (χ1n) is 8.67. The molecule has 2 aromatic carbocycles. The highest BCUT2D eigenvalue weighted by Gasteiger charge is 2.13. The smallest absolute Gasteiger partial charge is 0.226 e. The Balaban J connectivity index is 1.78. The molecule has 6 heteroatoms. The van der Waals surface area contributed by atoms with Gasteiger partial charge in [-0.25, -0.2) is 4.39 Å². The number of hydrogen-bond acceptors (Lipinski definition) is 3. The summed E-state index contributed by atoms with van der Waals surface area (Å²) in [5, 5.41) is 6.59. The lowest BCUT2D eigenvalue weighted by Gasteiger charge is -2.17. The molecule has 1 N–H and O–H groups in total. The van der Waals surface area contributed by atoms with E-state index in [2.05, 4.69) is 10.2 Å². The van der Waals surface area contributed by atoms with Crippen LogP contribution >= 0.6 is 0 Å². The Hall–Kier alpha value is -3.28. The van der Waals surface area contributed by atoms with Gasteiger partial charge < -0.3 is 4.90 Å². The van der Waals surface area contributed by atoms with E-state index in [4.69, 9.17) is 0 Å². The summed E-state index contributed by atoms with van der Waals surface area (Å²) in [5.74, 6) is -0.539. The molecular weight excluding hydrogens is 345 g/mol. The number of aromatic nitrogens is 2. The van der Waals surface area contributed by atoms with Crippen LogP contribution in [0, 0.1) is 5.82 Å². The molecule has 0 saturated heterocycles. The zero-order valence-electron chi connectivity index (χ0n) is 15.2. The van der Waals surface area contributed by atoms with E-state index in [1.54, 1.807) is 62.6 Å². The first kappa shape index (κ1) is 18.5. The lowest BCUT2D eigenvalue weighted by Crippen LogP contribution is -2.25. The number of nitrogens with zero attached hydrogens (tertiary/aromatic N) is 2. The van der Waals surface area contributed by atoms with Crippen LogP contribution < -0.4 is 4.90 Å². The quantitative estimate of drug-likeness (QED) is 0.671. The molecule has 1 amide bonds. The summed E-state index contributed by atoms with van der Waals surface area (Å²) < 4.78 is 14.6. The summed E-state index contributed by atoms with van der Waals surface area (Å²) in [6.07, 6.45) is 2.19. The Morgan fingerprint density at radius 1 is 1.11 bits per heavy atom. The van der Waals surface area contributed by atoms with Crippen molar-refractivity contribution < 1.29 is 14.0 Å². The Morgan fingerprint density at radius 2 is 1.85 bits per heavy atom. The summed E-state index contributed by atoms with van der Waals surface area (Å²) in [6, 6.07) is 13.3. The first-order chi connectivity index (χ1) is 13.0. The van der Waals surface area contributed by atoms with Crippen LogP contribution in [0.25, 0.3) is 11.1 Å². The van der Waals surface area contributed by atoms with Crippen molar-refractivity contribution in [2.24, 2.45) is 0 Å². The third kappa shape index (κ3) is 4.11. The Kier molecular flexibility index (Phi) is 5.45. The molecule has 1 aromatic heterocycles. The average Bonchev–Trinajstić information content (AvgIpc) is 3.19. The van der Waals surface area contributed by atoms with Gasteiger partial charge in [0, 0.05) is 42.2 Å². The average molecular weight is 365 g/mol. The predicted octanol–water partition coefficient (Wildman–Crippen LogP) is 4.01. The van der Waals surface area contributed by atoms with Crippen LogP contribution in [0.2, 0.25) is 0 Å². The fraction of sp³-hybridized carbons (Fsp3) is 0.190. The number of rotatable bonds is 6. The summed E-state index contributed by atoms with van der Waals surface area (Å²) in [6.45, 7) is 1.76. The van der Waals surface area contributed by atoms with E-state index in [1.807, 2.05) is 0 Å². The molecular formula is C21H20FN3O2. The third-order valence-electron chi connectivity index (χ3n) is 4.44. The lowest BCUT2D eigenvalue weighted by atomic mass is 10.00. The maximum atomic E-state index is 14.6. The monoisotopic (exact) mass is 365 g/mol. The zero-order chi connectivity index (χ0) is 19.4. The summed E-state index contributed by atoms with van der Waals surface area (Å²) in [5.41, 5.74) is 2.90. The molecule has 0 bridgehead atoms. The number of halogens is 1. The molecule has 138 valence electrons.